The van der Waals surface area contributed by atoms with Gasteiger partial charge in [-0.05, 0) is 18.2 Å². The number of hydrogen-bond donors (Lipinski definition) is 2. The fourth-order valence-electron chi connectivity index (χ4n) is 1.92. The number of para-hydroxylation sites is 1. The molecule has 0 aliphatic carbocycles. The summed E-state index contributed by atoms with van der Waals surface area (Å²) in [6.07, 6.45) is -0.237. The van der Waals surface area contributed by atoms with Gasteiger partial charge >= 0.3 is 0 Å². The minimum Gasteiger partial charge on any atom is -0.508 e. The van der Waals surface area contributed by atoms with E-state index in [0.717, 1.165) is 0 Å². The topological polar surface area (TPSA) is 62.2 Å². The lowest BCUT2D eigenvalue weighted by Gasteiger charge is -2.03. The van der Waals surface area contributed by atoms with Crippen molar-refractivity contribution in [3.8, 4) is 5.75 Å². The maximum absolute atomic E-state index is 12.1. The summed E-state index contributed by atoms with van der Waals surface area (Å²) in [5.74, 6) is 0.0993. The van der Waals surface area contributed by atoms with Crippen LogP contribution in [-0.2, 0) is 0 Å². The quantitative estimate of drug-likeness (QED) is 0.790. The molecule has 2 aromatic carbocycles. The van der Waals surface area contributed by atoms with Crippen LogP contribution < -0.4 is 5.43 Å². The maximum atomic E-state index is 12.1. The molecule has 0 spiro atoms. The number of amides is 1. The van der Waals surface area contributed by atoms with Crippen LogP contribution >= 0.6 is 0 Å². The van der Waals surface area contributed by atoms with Crippen LogP contribution in [0.1, 0.15) is 22.1 Å². The Bertz CT molecular complexity index is 583. The highest BCUT2D eigenvalue weighted by Gasteiger charge is 2.41. The van der Waals surface area contributed by atoms with Gasteiger partial charge in [-0.15, -0.1) is 0 Å². The molecule has 2 aromatic rings. The fraction of sp³-hybridized carbons (Fsp3) is 0.0714. The molecule has 18 heavy (non-hydrogen) atoms. The molecular weight excluding hydrogens is 228 g/mol. The van der Waals surface area contributed by atoms with Crippen molar-refractivity contribution in [3.63, 3.8) is 0 Å². The third kappa shape index (κ3) is 1.83. The third-order valence-electron chi connectivity index (χ3n) is 2.92. The molecular formula is C14H12N2O2. The highest BCUT2D eigenvalue weighted by molar-refractivity contribution is 5.95. The van der Waals surface area contributed by atoms with E-state index in [9.17, 15) is 9.90 Å². The van der Waals surface area contributed by atoms with Crippen molar-refractivity contribution in [2.75, 3.05) is 0 Å². The van der Waals surface area contributed by atoms with Gasteiger partial charge in [0, 0.05) is 11.1 Å². The van der Waals surface area contributed by atoms with Crippen molar-refractivity contribution in [3.05, 3.63) is 65.7 Å². The van der Waals surface area contributed by atoms with Gasteiger partial charge < -0.3 is 5.11 Å². The zero-order chi connectivity index (χ0) is 12.5. The zero-order valence-corrected chi connectivity index (χ0v) is 9.58. The van der Waals surface area contributed by atoms with Crippen molar-refractivity contribution in [1.82, 2.24) is 10.4 Å². The molecule has 1 unspecified atom stereocenters. The standard InChI is InChI=1S/C14H12N2O2/c17-12-9-5-4-8-11(12)13-15-16(13)14(18)10-6-2-1-3-7-10/h1-9,13,15,17H. The molecule has 1 aliphatic rings. The monoisotopic (exact) mass is 240 g/mol. The average Bonchev–Trinajstić information content (AvgIpc) is 3.20. The van der Waals surface area contributed by atoms with E-state index >= 15 is 0 Å². The highest BCUT2D eigenvalue weighted by Crippen LogP contribution is 2.34. The summed E-state index contributed by atoms with van der Waals surface area (Å²) in [5, 5.41) is 11.2. The Balaban J connectivity index is 1.79. The van der Waals surface area contributed by atoms with E-state index < -0.39 is 0 Å². The predicted octanol–water partition coefficient (Wildman–Crippen LogP) is 2.05. The number of hydrogen-bond acceptors (Lipinski definition) is 3. The van der Waals surface area contributed by atoms with Crippen LogP contribution in [-0.4, -0.2) is 16.0 Å². The van der Waals surface area contributed by atoms with Crippen molar-refractivity contribution in [2.45, 2.75) is 6.17 Å². The number of nitrogens with zero attached hydrogens (tertiary/aromatic N) is 1. The van der Waals surface area contributed by atoms with Crippen molar-refractivity contribution < 1.29 is 9.90 Å². The van der Waals surface area contributed by atoms with E-state index in [-0.39, 0.29) is 17.8 Å². The molecule has 1 amide bonds. The van der Waals surface area contributed by atoms with Crippen LogP contribution in [0, 0.1) is 0 Å². The van der Waals surface area contributed by atoms with Crippen molar-refractivity contribution in [2.24, 2.45) is 0 Å². The number of carbonyl (C=O) groups is 1. The zero-order valence-electron chi connectivity index (χ0n) is 9.58. The first-order valence-corrected chi connectivity index (χ1v) is 5.70. The minimum atomic E-state index is -0.237. The number of phenolic OH excluding ortho intramolecular Hbond substituents is 1. The van der Waals surface area contributed by atoms with Gasteiger partial charge in [-0.25, -0.2) is 10.4 Å². The molecule has 0 aromatic heterocycles. The van der Waals surface area contributed by atoms with Gasteiger partial charge in [0.25, 0.3) is 5.91 Å². The summed E-state index contributed by atoms with van der Waals surface area (Å²) < 4.78 is 0. The first-order valence-electron chi connectivity index (χ1n) is 5.70. The molecule has 0 radical (unpaired) electrons. The van der Waals surface area contributed by atoms with E-state index in [1.807, 2.05) is 24.3 Å². The number of nitrogens with one attached hydrogen (secondary N) is 1. The lowest BCUT2D eigenvalue weighted by Crippen LogP contribution is -2.13. The Hall–Kier alpha value is -2.33. The third-order valence-corrected chi connectivity index (χ3v) is 2.92. The summed E-state index contributed by atoms with van der Waals surface area (Å²) in [4.78, 5) is 12.1. The molecule has 1 aliphatic heterocycles. The first-order chi connectivity index (χ1) is 8.77. The largest absolute Gasteiger partial charge is 0.508 e. The first kappa shape index (κ1) is 10.8. The number of benzene rings is 2. The predicted molar refractivity (Wildman–Crippen MR) is 66.6 cm³/mol. The normalized spacial score (nSPS) is 17.6. The Morgan fingerprint density at radius 2 is 1.72 bits per heavy atom. The molecule has 2 N–H and O–H groups in total. The lowest BCUT2D eigenvalue weighted by molar-refractivity contribution is 0.0861. The number of hydrazine groups is 1. The van der Waals surface area contributed by atoms with Gasteiger partial charge in [0.15, 0.2) is 0 Å². The van der Waals surface area contributed by atoms with E-state index in [2.05, 4.69) is 5.43 Å². The second kappa shape index (κ2) is 4.16. The molecule has 3 rings (SSSR count). The van der Waals surface area contributed by atoms with Crippen molar-refractivity contribution in [1.29, 1.82) is 0 Å². The van der Waals surface area contributed by atoms with Crippen LogP contribution in [0.2, 0.25) is 0 Å². The molecule has 0 saturated carbocycles. The Morgan fingerprint density at radius 3 is 2.44 bits per heavy atom. The van der Waals surface area contributed by atoms with E-state index in [1.54, 1.807) is 30.3 Å². The van der Waals surface area contributed by atoms with Crippen LogP contribution in [0.5, 0.6) is 5.75 Å². The molecule has 1 saturated heterocycles. The Labute approximate surface area is 104 Å². The molecule has 1 fully saturated rings. The Kier molecular flexibility index (Phi) is 2.50. The van der Waals surface area contributed by atoms with E-state index in [1.165, 1.54) is 5.01 Å². The lowest BCUT2D eigenvalue weighted by atomic mass is 10.1. The molecule has 90 valence electrons. The second-order valence-electron chi connectivity index (χ2n) is 4.13. The van der Waals surface area contributed by atoms with Gasteiger partial charge in [-0.1, -0.05) is 36.4 Å². The van der Waals surface area contributed by atoms with E-state index in [4.69, 9.17) is 0 Å². The number of aromatic hydroxyl groups is 1. The average molecular weight is 240 g/mol. The second-order valence-corrected chi connectivity index (χ2v) is 4.13. The molecule has 4 nitrogen and oxygen atoms in total. The summed E-state index contributed by atoms with van der Waals surface area (Å²) >= 11 is 0. The van der Waals surface area contributed by atoms with Crippen LogP contribution in [0.4, 0.5) is 0 Å². The SMILES string of the molecule is O=C(c1ccccc1)N1NC1c1ccccc1O. The van der Waals surface area contributed by atoms with Crippen LogP contribution in [0.25, 0.3) is 0 Å². The van der Waals surface area contributed by atoms with Gasteiger partial charge in [-0.2, -0.15) is 0 Å². The summed E-state index contributed by atoms with van der Waals surface area (Å²) in [7, 11) is 0. The number of phenols is 1. The maximum Gasteiger partial charge on any atom is 0.269 e. The molecule has 0 bridgehead atoms. The highest BCUT2D eigenvalue weighted by atomic mass is 16.3. The molecule has 1 heterocycles. The van der Waals surface area contributed by atoms with Crippen LogP contribution in [0.3, 0.4) is 0 Å². The Morgan fingerprint density at radius 1 is 1.06 bits per heavy atom. The van der Waals surface area contributed by atoms with Gasteiger partial charge in [-0.3, -0.25) is 4.79 Å². The van der Waals surface area contributed by atoms with Crippen LogP contribution in [0.15, 0.2) is 54.6 Å². The van der Waals surface area contributed by atoms with Crippen molar-refractivity contribution >= 4 is 5.91 Å². The van der Waals surface area contributed by atoms with Gasteiger partial charge in [0.05, 0.1) is 0 Å². The molecule has 4 heteroatoms. The van der Waals surface area contributed by atoms with E-state index in [0.29, 0.717) is 11.1 Å². The van der Waals surface area contributed by atoms with Gasteiger partial charge in [0.1, 0.15) is 11.9 Å². The summed E-state index contributed by atoms with van der Waals surface area (Å²) in [5.41, 5.74) is 4.29. The molecule has 1 atom stereocenters. The summed E-state index contributed by atoms with van der Waals surface area (Å²) in [6.45, 7) is 0. The smallest absolute Gasteiger partial charge is 0.269 e. The summed E-state index contributed by atoms with van der Waals surface area (Å²) in [6, 6.07) is 16.1. The van der Waals surface area contributed by atoms with Gasteiger partial charge in [0.2, 0.25) is 0 Å². The fourth-order valence-corrected chi connectivity index (χ4v) is 1.92. The number of carbonyl (C=O) groups excluding carboxylic acids is 1. The number of rotatable bonds is 2. The minimum absolute atomic E-state index is 0.0937.